The van der Waals surface area contributed by atoms with Gasteiger partial charge < -0.3 is 5.73 Å². The molecule has 0 aliphatic rings. The number of nitrogens with one attached hydrogen (secondary N) is 1. The number of rotatable bonds is 2. The predicted octanol–water partition coefficient (Wildman–Crippen LogP) is 0.948. The molecule has 0 saturated carbocycles. The first kappa shape index (κ1) is 8.33. The average molecular weight is 195 g/mol. The van der Waals surface area contributed by atoms with Gasteiger partial charge in [0.15, 0.2) is 5.01 Å². The van der Waals surface area contributed by atoms with Crippen molar-refractivity contribution >= 4 is 11.3 Å². The van der Waals surface area contributed by atoms with Gasteiger partial charge in [0.05, 0.1) is 17.8 Å². The standard InChI is InChI=1S/C7H9N5S/c1-4(8)6-11-12-7(13-6)5-2-9-10-3-5/h2-4H,8H2,1H3,(H,9,10). The zero-order chi connectivity index (χ0) is 9.26. The van der Waals surface area contributed by atoms with Gasteiger partial charge in [-0.3, -0.25) is 5.10 Å². The Morgan fingerprint density at radius 2 is 2.38 bits per heavy atom. The molecule has 2 rings (SSSR count). The molecule has 0 aliphatic heterocycles. The lowest BCUT2D eigenvalue weighted by molar-refractivity contribution is 0.786. The van der Waals surface area contributed by atoms with Gasteiger partial charge in [-0.1, -0.05) is 11.3 Å². The Labute approximate surface area is 79.0 Å². The van der Waals surface area contributed by atoms with E-state index >= 15 is 0 Å². The minimum absolute atomic E-state index is 0.0573. The molecule has 0 radical (unpaired) electrons. The molecule has 3 N–H and O–H groups in total. The van der Waals surface area contributed by atoms with E-state index in [0.717, 1.165) is 15.6 Å². The molecule has 6 heteroatoms. The van der Waals surface area contributed by atoms with E-state index in [1.54, 1.807) is 12.4 Å². The topological polar surface area (TPSA) is 80.5 Å². The molecule has 1 unspecified atom stereocenters. The van der Waals surface area contributed by atoms with Gasteiger partial charge in [-0.2, -0.15) is 5.10 Å². The molecular weight excluding hydrogens is 186 g/mol. The summed E-state index contributed by atoms with van der Waals surface area (Å²) < 4.78 is 0. The van der Waals surface area contributed by atoms with Crippen LogP contribution in [0, 0.1) is 0 Å². The number of aromatic amines is 1. The van der Waals surface area contributed by atoms with Crippen LogP contribution in [-0.2, 0) is 0 Å². The molecule has 13 heavy (non-hydrogen) atoms. The summed E-state index contributed by atoms with van der Waals surface area (Å²) in [6, 6.07) is -0.0573. The van der Waals surface area contributed by atoms with Crippen molar-refractivity contribution in [3.05, 3.63) is 17.4 Å². The number of aromatic nitrogens is 4. The van der Waals surface area contributed by atoms with E-state index in [4.69, 9.17) is 5.73 Å². The third kappa shape index (κ3) is 1.58. The highest BCUT2D eigenvalue weighted by Crippen LogP contribution is 2.24. The van der Waals surface area contributed by atoms with Crippen LogP contribution in [-0.4, -0.2) is 20.4 Å². The maximum atomic E-state index is 5.66. The molecule has 2 aromatic rings. The van der Waals surface area contributed by atoms with Crippen LogP contribution in [0.4, 0.5) is 0 Å². The molecule has 0 spiro atoms. The van der Waals surface area contributed by atoms with E-state index in [0.29, 0.717) is 0 Å². The summed E-state index contributed by atoms with van der Waals surface area (Å²) in [6.45, 7) is 1.89. The summed E-state index contributed by atoms with van der Waals surface area (Å²) in [6.07, 6.45) is 3.50. The number of hydrogen-bond donors (Lipinski definition) is 2. The normalized spacial score (nSPS) is 13.1. The second-order valence-electron chi connectivity index (χ2n) is 2.72. The third-order valence-corrected chi connectivity index (χ3v) is 2.75. The first-order chi connectivity index (χ1) is 6.27. The summed E-state index contributed by atoms with van der Waals surface area (Å²) in [5.74, 6) is 0. The highest BCUT2D eigenvalue weighted by molar-refractivity contribution is 7.14. The monoisotopic (exact) mass is 195 g/mol. The van der Waals surface area contributed by atoms with E-state index in [-0.39, 0.29) is 6.04 Å². The molecule has 0 aliphatic carbocycles. The van der Waals surface area contributed by atoms with Crippen LogP contribution in [0.1, 0.15) is 18.0 Å². The van der Waals surface area contributed by atoms with Crippen LogP contribution in [0.15, 0.2) is 12.4 Å². The minimum atomic E-state index is -0.0573. The number of hydrogen-bond acceptors (Lipinski definition) is 5. The van der Waals surface area contributed by atoms with E-state index in [9.17, 15) is 0 Å². The van der Waals surface area contributed by atoms with Crippen molar-refractivity contribution in [1.82, 2.24) is 20.4 Å². The van der Waals surface area contributed by atoms with Gasteiger partial charge in [0.1, 0.15) is 5.01 Å². The van der Waals surface area contributed by atoms with Crippen LogP contribution in [0.3, 0.4) is 0 Å². The highest BCUT2D eigenvalue weighted by Gasteiger charge is 2.09. The Balaban J connectivity index is 2.33. The van der Waals surface area contributed by atoms with Gasteiger partial charge in [-0.05, 0) is 6.92 Å². The molecule has 1 atom stereocenters. The molecule has 0 fully saturated rings. The highest BCUT2D eigenvalue weighted by atomic mass is 32.1. The van der Waals surface area contributed by atoms with Gasteiger partial charge in [0.25, 0.3) is 0 Å². The number of H-pyrrole nitrogens is 1. The second-order valence-corrected chi connectivity index (χ2v) is 3.73. The Morgan fingerprint density at radius 3 is 2.92 bits per heavy atom. The third-order valence-electron chi connectivity index (χ3n) is 1.58. The molecule has 2 aromatic heterocycles. The van der Waals surface area contributed by atoms with Crippen molar-refractivity contribution < 1.29 is 0 Å². The first-order valence-corrected chi connectivity index (χ1v) is 4.67. The number of nitrogens with two attached hydrogens (primary N) is 1. The smallest absolute Gasteiger partial charge is 0.151 e. The molecular formula is C7H9N5S. The lowest BCUT2D eigenvalue weighted by Gasteiger charge is -1.93. The van der Waals surface area contributed by atoms with Crippen LogP contribution in [0.2, 0.25) is 0 Å². The lowest BCUT2D eigenvalue weighted by Crippen LogP contribution is -2.03. The largest absolute Gasteiger partial charge is 0.322 e. The van der Waals surface area contributed by atoms with Gasteiger partial charge >= 0.3 is 0 Å². The van der Waals surface area contributed by atoms with Crippen LogP contribution in [0.5, 0.6) is 0 Å². The van der Waals surface area contributed by atoms with Gasteiger partial charge in [-0.25, -0.2) is 0 Å². The fourth-order valence-electron chi connectivity index (χ4n) is 0.903. The summed E-state index contributed by atoms with van der Waals surface area (Å²) >= 11 is 1.49. The minimum Gasteiger partial charge on any atom is -0.322 e. The van der Waals surface area contributed by atoms with E-state index in [1.807, 2.05) is 6.92 Å². The van der Waals surface area contributed by atoms with Crippen molar-refractivity contribution in [2.45, 2.75) is 13.0 Å². The Hall–Kier alpha value is -1.27. The van der Waals surface area contributed by atoms with Crippen molar-refractivity contribution in [2.75, 3.05) is 0 Å². The SMILES string of the molecule is CC(N)c1nnc(-c2cn[nH]c2)s1. The molecule has 0 bridgehead atoms. The van der Waals surface area contributed by atoms with E-state index in [2.05, 4.69) is 20.4 Å². The zero-order valence-corrected chi connectivity index (χ0v) is 7.88. The fraction of sp³-hybridized carbons (Fsp3) is 0.286. The van der Waals surface area contributed by atoms with Crippen LogP contribution >= 0.6 is 11.3 Å². The molecule has 0 aromatic carbocycles. The Bertz CT molecular complexity index is 377. The number of nitrogens with zero attached hydrogens (tertiary/aromatic N) is 3. The average Bonchev–Trinajstić information content (AvgIpc) is 2.75. The van der Waals surface area contributed by atoms with Gasteiger partial charge in [0.2, 0.25) is 0 Å². The van der Waals surface area contributed by atoms with E-state index < -0.39 is 0 Å². The molecule has 2 heterocycles. The molecule has 0 amide bonds. The summed E-state index contributed by atoms with van der Waals surface area (Å²) in [5, 5.41) is 16.2. The molecule has 68 valence electrons. The van der Waals surface area contributed by atoms with Crippen LogP contribution in [0.25, 0.3) is 10.6 Å². The summed E-state index contributed by atoms with van der Waals surface area (Å²) in [7, 11) is 0. The predicted molar refractivity (Wildman–Crippen MR) is 50.1 cm³/mol. The fourth-order valence-corrected chi connectivity index (χ4v) is 1.68. The Kier molecular flexibility index (Phi) is 2.07. The summed E-state index contributed by atoms with van der Waals surface area (Å²) in [4.78, 5) is 0. The quantitative estimate of drug-likeness (QED) is 0.747. The summed E-state index contributed by atoms with van der Waals surface area (Å²) in [5.41, 5.74) is 6.61. The maximum absolute atomic E-state index is 5.66. The molecule has 5 nitrogen and oxygen atoms in total. The zero-order valence-electron chi connectivity index (χ0n) is 7.06. The van der Waals surface area contributed by atoms with Gasteiger partial charge in [-0.15, -0.1) is 10.2 Å². The second kappa shape index (κ2) is 3.23. The van der Waals surface area contributed by atoms with Crippen molar-refractivity contribution in [3.8, 4) is 10.6 Å². The van der Waals surface area contributed by atoms with E-state index in [1.165, 1.54) is 11.3 Å². The Morgan fingerprint density at radius 1 is 1.54 bits per heavy atom. The van der Waals surface area contributed by atoms with Crippen molar-refractivity contribution in [3.63, 3.8) is 0 Å². The maximum Gasteiger partial charge on any atom is 0.151 e. The first-order valence-electron chi connectivity index (χ1n) is 3.85. The van der Waals surface area contributed by atoms with Crippen molar-refractivity contribution in [2.24, 2.45) is 5.73 Å². The van der Waals surface area contributed by atoms with Crippen molar-refractivity contribution in [1.29, 1.82) is 0 Å². The van der Waals surface area contributed by atoms with Gasteiger partial charge in [0, 0.05) is 6.20 Å². The molecule has 0 saturated heterocycles. The van der Waals surface area contributed by atoms with Crippen LogP contribution < -0.4 is 5.73 Å². The lowest BCUT2D eigenvalue weighted by atomic mass is 10.4.